The molecule has 14 rings (SSSR count). The van der Waals surface area contributed by atoms with Gasteiger partial charge in [-0.3, -0.25) is 0 Å². The van der Waals surface area contributed by atoms with E-state index < -0.39 is 0 Å². The Morgan fingerprint density at radius 1 is 0.297 bits per heavy atom. The van der Waals surface area contributed by atoms with Crippen molar-refractivity contribution in [2.24, 2.45) is 14.1 Å². The number of aromatic nitrogens is 10. The molecule has 0 aliphatic heterocycles. The molecule has 0 radical (unpaired) electrons. The lowest BCUT2D eigenvalue weighted by Crippen LogP contribution is -2.27. The van der Waals surface area contributed by atoms with Crippen LogP contribution < -0.4 is 0 Å². The van der Waals surface area contributed by atoms with Crippen molar-refractivity contribution in [1.82, 2.24) is 49.0 Å². The zero-order chi connectivity index (χ0) is 42.5. The van der Waals surface area contributed by atoms with Crippen LogP contribution in [0.25, 0.3) is 90.9 Å². The molecule has 302 valence electrons. The Morgan fingerprint density at radius 3 is 1.06 bits per heavy atom. The first-order valence-electron chi connectivity index (χ1n) is 21.4. The van der Waals surface area contributed by atoms with E-state index in [2.05, 4.69) is 81.9 Å². The molecule has 10 heteroatoms. The molecular weight excluding hydrogens is 789 g/mol. The Labute approximate surface area is 367 Å². The van der Waals surface area contributed by atoms with Crippen molar-refractivity contribution < 1.29 is 0 Å². The van der Waals surface area contributed by atoms with E-state index >= 15 is 0 Å². The third kappa shape index (κ3) is 5.58. The van der Waals surface area contributed by atoms with Gasteiger partial charge in [0.1, 0.15) is 0 Å². The summed E-state index contributed by atoms with van der Waals surface area (Å²) in [6.07, 6.45) is 0. The topological polar surface area (TPSA) is 113 Å². The third-order valence-electron chi connectivity index (χ3n) is 12.9. The van der Waals surface area contributed by atoms with Gasteiger partial charge < -0.3 is 9.13 Å². The van der Waals surface area contributed by atoms with Crippen LogP contribution in [0.2, 0.25) is 0 Å². The minimum Gasteiger partial charge on any atom is -0.324 e. The Hall–Kier alpha value is -8.50. The summed E-state index contributed by atoms with van der Waals surface area (Å²) in [5.41, 5.74) is 15.2. The quantitative estimate of drug-likeness (QED) is 0.163. The second kappa shape index (κ2) is 14.0. The van der Waals surface area contributed by atoms with Crippen LogP contribution in [0, 0.1) is 0 Å². The van der Waals surface area contributed by atoms with Crippen LogP contribution in [-0.4, -0.2) is 49.0 Å². The lowest BCUT2D eigenvalue weighted by atomic mass is 9.61. The van der Waals surface area contributed by atoms with Gasteiger partial charge in [0.05, 0.1) is 22.1 Å². The minimum absolute atomic E-state index is 0.00346. The van der Waals surface area contributed by atoms with Gasteiger partial charge in [-0.1, -0.05) is 133 Å². The molecule has 0 saturated heterocycles. The van der Waals surface area contributed by atoms with Crippen molar-refractivity contribution >= 4 is 22.1 Å². The largest absolute Gasteiger partial charge is 0.324 e. The van der Waals surface area contributed by atoms with Gasteiger partial charge in [-0.05, 0) is 69.8 Å². The van der Waals surface area contributed by atoms with Crippen LogP contribution in [0.5, 0.6) is 0 Å². The second-order valence-corrected chi connectivity index (χ2v) is 16.5. The molecule has 0 amide bonds. The van der Waals surface area contributed by atoms with Gasteiger partial charge in [0.25, 0.3) is 0 Å². The lowest BCUT2D eigenvalue weighted by molar-refractivity contribution is 0.754. The van der Waals surface area contributed by atoms with Crippen LogP contribution in [0.15, 0.2) is 170 Å². The molecule has 3 aliphatic carbocycles. The maximum atomic E-state index is 5.15. The smallest absolute Gasteiger partial charge is 0.200 e. The highest BCUT2D eigenvalue weighted by molar-refractivity contribution is 5.82. The Morgan fingerprint density at radius 2 is 0.641 bits per heavy atom. The van der Waals surface area contributed by atoms with Crippen molar-refractivity contribution in [3.63, 3.8) is 0 Å². The number of hydrogen-bond donors (Lipinski definition) is 0. The van der Waals surface area contributed by atoms with Crippen molar-refractivity contribution in [2.45, 2.75) is 11.8 Å². The average molecular weight is 825 g/mol. The first kappa shape index (κ1) is 36.2. The number of rotatable bonds is 6. The van der Waals surface area contributed by atoms with Gasteiger partial charge >= 0.3 is 0 Å². The monoisotopic (exact) mass is 824 g/mol. The summed E-state index contributed by atoms with van der Waals surface area (Å²) in [7, 11) is 4.02. The highest BCUT2D eigenvalue weighted by Gasteiger charge is 2.41. The number of para-hydroxylation sites is 4. The number of benzene rings is 7. The average Bonchev–Trinajstić information content (AvgIpc) is 3.89. The summed E-state index contributed by atoms with van der Waals surface area (Å²) >= 11 is 0. The van der Waals surface area contributed by atoms with Crippen molar-refractivity contribution in [2.75, 3.05) is 0 Å². The molecule has 0 spiro atoms. The van der Waals surface area contributed by atoms with Crippen molar-refractivity contribution in [3.05, 3.63) is 203 Å². The first-order valence-corrected chi connectivity index (χ1v) is 21.4. The highest BCUT2D eigenvalue weighted by Crippen LogP contribution is 2.56. The Bertz CT molecular complexity index is 3430. The molecule has 0 fully saturated rings. The fourth-order valence-electron chi connectivity index (χ4n) is 9.83. The van der Waals surface area contributed by atoms with Crippen LogP contribution in [0.1, 0.15) is 45.2 Å². The van der Waals surface area contributed by atoms with Crippen molar-refractivity contribution in [1.29, 1.82) is 0 Å². The molecule has 3 aliphatic rings. The van der Waals surface area contributed by atoms with E-state index in [0.29, 0.717) is 46.6 Å². The van der Waals surface area contributed by atoms with E-state index in [1.54, 1.807) is 0 Å². The van der Waals surface area contributed by atoms with E-state index in [0.717, 1.165) is 44.3 Å². The van der Waals surface area contributed by atoms with Gasteiger partial charge in [-0.2, -0.15) is 0 Å². The summed E-state index contributed by atoms with van der Waals surface area (Å²) in [6.45, 7) is 0. The van der Waals surface area contributed by atoms with E-state index in [4.69, 9.17) is 39.9 Å². The summed E-state index contributed by atoms with van der Waals surface area (Å²) in [5, 5.41) is 0. The molecule has 10 nitrogen and oxygen atoms in total. The fraction of sp³-hybridized carbons (Fsp3) is 0.0741. The Kier molecular flexibility index (Phi) is 7.92. The molecule has 0 saturated carbocycles. The van der Waals surface area contributed by atoms with Crippen LogP contribution in [0.4, 0.5) is 0 Å². The molecule has 2 atom stereocenters. The maximum Gasteiger partial charge on any atom is 0.200 e. The van der Waals surface area contributed by atoms with Crippen LogP contribution in [-0.2, 0) is 14.1 Å². The highest BCUT2D eigenvalue weighted by atomic mass is 15.1. The SMILES string of the molecule is Cn1c(-c2nc(-c3ccccc3)nc(-c3ccc4c(c3)C3c5ccccc5C4c4cc(-c5nc(-c6ccccc6)nc(-c6nc7ccccc7n6C)n5)ccc43)n2)nc2ccccc21. The molecule has 2 unspecified atom stereocenters. The first-order chi connectivity index (χ1) is 31.5. The zero-order valence-corrected chi connectivity index (χ0v) is 34.8. The van der Waals surface area contributed by atoms with Gasteiger partial charge in [-0.25, -0.2) is 39.9 Å². The third-order valence-corrected chi connectivity index (χ3v) is 12.9. The normalized spacial score (nSPS) is 14.7. The van der Waals surface area contributed by atoms with E-state index in [1.165, 1.54) is 33.4 Å². The molecule has 0 N–H and O–H groups in total. The van der Waals surface area contributed by atoms with Crippen LogP contribution in [0.3, 0.4) is 0 Å². The fourth-order valence-corrected chi connectivity index (χ4v) is 9.83. The zero-order valence-electron chi connectivity index (χ0n) is 34.8. The van der Waals surface area contributed by atoms with E-state index in [1.807, 2.05) is 111 Å². The summed E-state index contributed by atoms with van der Waals surface area (Å²) in [6, 6.07) is 58.7. The summed E-state index contributed by atoms with van der Waals surface area (Å²) in [4.78, 5) is 40.5. The van der Waals surface area contributed by atoms with Gasteiger partial charge in [0.2, 0.25) is 0 Å². The molecule has 4 heterocycles. The molecule has 11 aromatic rings. The summed E-state index contributed by atoms with van der Waals surface area (Å²) in [5.74, 6) is 4.84. The number of hydrogen-bond acceptors (Lipinski definition) is 8. The second-order valence-electron chi connectivity index (χ2n) is 16.5. The molecule has 2 bridgehead atoms. The number of aryl methyl sites for hydroxylation is 2. The number of nitrogens with zero attached hydrogens (tertiary/aromatic N) is 10. The standard InChI is InChI=1S/C54H36N10/c1-63-43-23-13-11-21-41(43)55-53(63)51-59-47(31-15-5-3-6-16-31)57-49(61-51)33-25-27-37-39(29-33)45-35-19-9-10-20-36(35)46(37)40-30-34(26-28-38(40)45)50-58-48(32-17-7-4-8-18-32)60-52(62-50)54-56-42-22-12-14-24-44(42)64(54)2/h3-30,45-46H,1-2H3. The number of imidazole rings is 2. The van der Waals surface area contributed by atoms with E-state index in [9.17, 15) is 0 Å². The van der Waals surface area contributed by atoms with Gasteiger partial charge in [0, 0.05) is 48.2 Å². The predicted octanol–water partition coefficient (Wildman–Crippen LogP) is 10.8. The van der Waals surface area contributed by atoms with Crippen LogP contribution >= 0.6 is 0 Å². The number of fused-ring (bicyclic) bond motifs is 2. The predicted molar refractivity (Wildman–Crippen MR) is 249 cm³/mol. The maximum absolute atomic E-state index is 5.15. The van der Waals surface area contributed by atoms with Gasteiger partial charge in [0.15, 0.2) is 46.6 Å². The Balaban J connectivity index is 0.949. The molecule has 64 heavy (non-hydrogen) atoms. The molecule has 4 aromatic heterocycles. The van der Waals surface area contributed by atoms with Gasteiger partial charge in [-0.15, -0.1) is 0 Å². The molecule has 7 aromatic carbocycles. The summed E-state index contributed by atoms with van der Waals surface area (Å²) < 4.78 is 4.11. The van der Waals surface area contributed by atoms with E-state index in [-0.39, 0.29) is 11.8 Å². The van der Waals surface area contributed by atoms with Crippen molar-refractivity contribution in [3.8, 4) is 68.8 Å². The lowest BCUT2D eigenvalue weighted by Gasteiger charge is -2.42. The molecular formula is C54H36N10. The minimum atomic E-state index is 0.00346.